The van der Waals surface area contributed by atoms with E-state index < -0.39 is 0 Å². The smallest absolute Gasteiger partial charge is 0.221 e. The zero-order chi connectivity index (χ0) is 12.7. The summed E-state index contributed by atoms with van der Waals surface area (Å²) in [5, 5.41) is 6.54. The minimum Gasteiger partial charge on any atom is -0.385 e. The highest BCUT2D eigenvalue weighted by Crippen LogP contribution is 2.25. The van der Waals surface area contributed by atoms with Crippen molar-refractivity contribution in [3.8, 4) is 0 Å². The molecular weight excluding hydrogens is 236 g/mol. The Balaban J connectivity index is 2.53. The summed E-state index contributed by atoms with van der Waals surface area (Å²) in [6.45, 7) is 4.59. The average molecular weight is 255 g/mol. The van der Waals surface area contributed by atoms with E-state index in [0.29, 0.717) is 10.7 Å². The molecule has 1 aromatic rings. The maximum absolute atomic E-state index is 10.9. The van der Waals surface area contributed by atoms with E-state index in [9.17, 15) is 4.79 Å². The normalized spacial score (nSPS) is 10.1. The first-order valence-electron chi connectivity index (χ1n) is 5.94. The van der Waals surface area contributed by atoms with Crippen LogP contribution in [0.4, 0.5) is 11.4 Å². The number of halogens is 1. The van der Waals surface area contributed by atoms with Crippen LogP contribution in [0.2, 0.25) is 5.02 Å². The van der Waals surface area contributed by atoms with Crippen molar-refractivity contribution in [1.29, 1.82) is 0 Å². The van der Waals surface area contributed by atoms with Gasteiger partial charge in [0.15, 0.2) is 0 Å². The van der Waals surface area contributed by atoms with Crippen molar-refractivity contribution in [2.45, 2.75) is 33.1 Å². The summed E-state index contributed by atoms with van der Waals surface area (Å²) < 4.78 is 0. The molecule has 0 spiro atoms. The van der Waals surface area contributed by atoms with E-state index in [0.717, 1.165) is 18.7 Å². The van der Waals surface area contributed by atoms with Crippen molar-refractivity contribution in [3.63, 3.8) is 0 Å². The lowest BCUT2D eigenvalue weighted by Crippen LogP contribution is -2.07. The number of carbonyl (C=O) groups excluding carboxylic acids is 1. The number of anilines is 2. The van der Waals surface area contributed by atoms with Gasteiger partial charge in [-0.05, 0) is 24.6 Å². The number of nitrogens with one attached hydrogen (secondary N) is 2. The van der Waals surface area contributed by atoms with E-state index in [1.54, 1.807) is 0 Å². The van der Waals surface area contributed by atoms with Crippen LogP contribution in [0.25, 0.3) is 0 Å². The first-order chi connectivity index (χ1) is 8.13. The first-order valence-corrected chi connectivity index (χ1v) is 6.32. The molecule has 0 heterocycles. The molecule has 2 N–H and O–H groups in total. The molecule has 0 aliphatic rings. The van der Waals surface area contributed by atoms with Crippen molar-refractivity contribution >= 4 is 28.9 Å². The third-order valence-corrected chi connectivity index (χ3v) is 2.70. The van der Waals surface area contributed by atoms with Gasteiger partial charge in [-0.3, -0.25) is 4.79 Å². The zero-order valence-electron chi connectivity index (χ0n) is 10.3. The number of hydrogen-bond donors (Lipinski definition) is 2. The van der Waals surface area contributed by atoms with Crippen molar-refractivity contribution in [2.24, 2.45) is 0 Å². The molecule has 1 amide bonds. The largest absolute Gasteiger partial charge is 0.385 e. The Bertz CT molecular complexity index is 380. The van der Waals surface area contributed by atoms with Crippen molar-refractivity contribution in [2.75, 3.05) is 17.2 Å². The lowest BCUT2D eigenvalue weighted by atomic mass is 10.2. The number of carbonyl (C=O) groups is 1. The third-order valence-electron chi connectivity index (χ3n) is 2.39. The number of benzene rings is 1. The van der Waals surface area contributed by atoms with Crippen LogP contribution in [-0.4, -0.2) is 12.5 Å². The van der Waals surface area contributed by atoms with Gasteiger partial charge < -0.3 is 10.6 Å². The standard InChI is InChI=1S/C13H19ClN2O/c1-3-4-5-8-15-11-6-7-13(12(14)9-11)16-10(2)17/h6-7,9,15H,3-5,8H2,1-2H3,(H,16,17). The molecule has 0 bridgehead atoms. The second-order valence-electron chi connectivity index (χ2n) is 4.01. The molecular formula is C13H19ClN2O. The summed E-state index contributed by atoms with van der Waals surface area (Å²) in [7, 11) is 0. The highest BCUT2D eigenvalue weighted by molar-refractivity contribution is 6.34. The first kappa shape index (κ1) is 13.8. The Morgan fingerprint density at radius 3 is 2.71 bits per heavy atom. The van der Waals surface area contributed by atoms with Gasteiger partial charge in [0, 0.05) is 19.2 Å². The van der Waals surface area contributed by atoms with Crippen LogP contribution in [0, 0.1) is 0 Å². The fourth-order valence-corrected chi connectivity index (χ4v) is 1.75. The summed E-state index contributed by atoms with van der Waals surface area (Å²) >= 11 is 6.06. The van der Waals surface area contributed by atoms with Crippen LogP contribution < -0.4 is 10.6 Å². The molecule has 0 saturated heterocycles. The van der Waals surface area contributed by atoms with E-state index in [1.165, 1.54) is 19.8 Å². The van der Waals surface area contributed by atoms with E-state index in [4.69, 9.17) is 11.6 Å². The molecule has 0 saturated carbocycles. The Morgan fingerprint density at radius 2 is 2.12 bits per heavy atom. The summed E-state index contributed by atoms with van der Waals surface area (Å²) in [5.41, 5.74) is 1.64. The summed E-state index contributed by atoms with van der Waals surface area (Å²) in [5.74, 6) is -0.115. The minimum atomic E-state index is -0.115. The summed E-state index contributed by atoms with van der Waals surface area (Å²) in [6.07, 6.45) is 3.59. The molecule has 0 atom stereocenters. The monoisotopic (exact) mass is 254 g/mol. The van der Waals surface area contributed by atoms with Crippen LogP contribution in [0.1, 0.15) is 33.1 Å². The quantitative estimate of drug-likeness (QED) is 0.756. The number of unbranched alkanes of at least 4 members (excludes halogenated alkanes) is 2. The second-order valence-corrected chi connectivity index (χ2v) is 4.42. The number of rotatable bonds is 6. The van der Waals surface area contributed by atoms with Gasteiger partial charge in [-0.15, -0.1) is 0 Å². The van der Waals surface area contributed by atoms with E-state index in [2.05, 4.69) is 17.6 Å². The van der Waals surface area contributed by atoms with Crippen molar-refractivity contribution in [3.05, 3.63) is 23.2 Å². The lowest BCUT2D eigenvalue weighted by Gasteiger charge is -2.09. The highest BCUT2D eigenvalue weighted by Gasteiger charge is 2.02. The molecule has 0 radical (unpaired) electrons. The predicted molar refractivity (Wildman–Crippen MR) is 73.8 cm³/mol. The second kappa shape index (κ2) is 7.17. The van der Waals surface area contributed by atoms with Crippen molar-refractivity contribution in [1.82, 2.24) is 0 Å². The van der Waals surface area contributed by atoms with Gasteiger partial charge in [-0.25, -0.2) is 0 Å². The Labute approximate surface area is 108 Å². The van der Waals surface area contributed by atoms with Crippen LogP contribution in [0.5, 0.6) is 0 Å². The Morgan fingerprint density at radius 1 is 1.35 bits per heavy atom. The Hall–Kier alpha value is -1.22. The van der Waals surface area contributed by atoms with Gasteiger partial charge in [0.1, 0.15) is 0 Å². The highest BCUT2D eigenvalue weighted by atomic mass is 35.5. The molecule has 3 nitrogen and oxygen atoms in total. The molecule has 17 heavy (non-hydrogen) atoms. The zero-order valence-corrected chi connectivity index (χ0v) is 11.1. The predicted octanol–water partition coefficient (Wildman–Crippen LogP) is 3.90. The van der Waals surface area contributed by atoms with Gasteiger partial charge in [-0.1, -0.05) is 31.4 Å². The molecule has 0 aromatic heterocycles. The van der Waals surface area contributed by atoms with Crippen LogP contribution in [0.3, 0.4) is 0 Å². The van der Waals surface area contributed by atoms with Gasteiger partial charge in [0.25, 0.3) is 0 Å². The number of hydrogen-bond acceptors (Lipinski definition) is 2. The van der Waals surface area contributed by atoms with Gasteiger partial charge in [0.2, 0.25) is 5.91 Å². The molecule has 1 aromatic carbocycles. The van der Waals surface area contributed by atoms with E-state index in [-0.39, 0.29) is 5.91 Å². The molecule has 0 aliphatic heterocycles. The fraction of sp³-hybridized carbons (Fsp3) is 0.462. The SMILES string of the molecule is CCCCCNc1ccc(NC(C)=O)c(Cl)c1. The van der Waals surface area contributed by atoms with Crippen molar-refractivity contribution < 1.29 is 4.79 Å². The average Bonchev–Trinajstić information content (AvgIpc) is 2.27. The topological polar surface area (TPSA) is 41.1 Å². The van der Waals surface area contributed by atoms with E-state index in [1.807, 2.05) is 18.2 Å². The van der Waals surface area contributed by atoms with Crippen LogP contribution >= 0.6 is 11.6 Å². The van der Waals surface area contributed by atoms with Crippen LogP contribution in [0.15, 0.2) is 18.2 Å². The molecule has 0 aliphatic carbocycles. The van der Waals surface area contributed by atoms with Gasteiger partial charge >= 0.3 is 0 Å². The summed E-state index contributed by atoms with van der Waals surface area (Å²) in [4.78, 5) is 10.9. The molecule has 0 unspecified atom stereocenters. The molecule has 1 rings (SSSR count). The molecule has 0 fully saturated rings. The third kappa shape index (κ3) is 5.09. The lowest BCUT2D eigenvalue weighted by molar-refractivity contribution is -0.114. The Kier molecular flexibility index (Phi) is 5.84. The van der Waals surface area contributed by atoms with E-state index >= 15 is 0 Å². The van der Waals surface area contributed by atoms with Gasteiger partial charge in [0.05, 0.1) is 10.7 Å². The fourth-order valence-electron chi connectivity index (χ4n) is 1.52. The summed E-state index contributed by atoms with van der Waals surface area (Å²) in [6, 6.07) is 5.56. The maximum atomic E-state index is 10.9. The molecule has 4 heteroatoms. The number of amides is 1. The van der Waals surface area contributed by atoms with Crippen LogP contribution in [-0.2, 0) is 4.79 Å². The minimum absolute atomic E-state index is 0.115. The van der Waals surface area contributed by atoms with Gasteiger partial charge in [-0.2, -0.15) is 0 Å². The maximum Gasteiger partial charge on any atom is 0.221 e. The molecule has 94 valence electrons.